The topological polar surface area (TPSA) is 46.9 Å². The zero-order chi connectivity index (χ0) is 13.0. The lowest BCUT2D eigenvalue weighted by atomic mass is 10.3. The second kappa shape index (κ2) is 5.82. The standard InChI is InChI=1S/C13H17N3OS/c1-3-4-6-16-12(10(2)8-14-16)15-13(17)11-5-7-18-9-11/h5,7-9H,3-4,6H2,1-2H3,(H,15,17). The van der Waals surface area contributed by atoms with Crippen molar-refractivity contribution in [3.05, 3.63) is 34.2 Å². The van der Waals surface area contributed by atoms with Crippen LogP contribution in [0, 0.1) is 6.92 Å². The second-order valence-corrected chi connectivity index (χ2v) is 5.00. The van der Waals surface area contributed by atoms with Crippen LogP contribution in [0.2, 0.25) is 0 Å². The minimum Gasteiger partial charge on any atom is -0.307 e. The fourth-order valence-electron chi connectivity index (χ4n) is 1.69. The average molecular weight is 263 g/mol. The number of nitrogens with one attached hydrogen (secondary N) is 1. The van der Waals surface area contributed by atoms with Gasteiger partial charge >= 0.3 is 0 Å². The van der Waals surface area contributed by atoms with Crippen molar-refractivity contribution in [1.29, 1.82) is 0 Å². The number of carbonyl (C=O) groups excluding carboxylic acids is 1. The van der Waals surface area contributed by atoms with Crippen LogP contribution in [-0.2, 0) is 6.54 Å². The first-order valence-electron chi connectivity index (χ1n) is 6.08. The molecular formula is C13H17N3OS. The van der Waals surface area contributed by atoms with Gasteiger partial charge in [-0.25, -0.2) is 4.68 Å². The highest BCUT2D eigenvalue weighted by atomic mass is 32.1. The van der Waals surface area contributed by atoms with Crippen LogP contribution < -0.4 is 5.32 Å². The average Bonchev–Trinajstić information content (AvgIpc) is 2.99. The molecule has 0 saturated heterocycles. The summed E-state index contributed by atoms with van der Waals surface area (Å²) in [5.41, 5.74) is 1.69. The van der Waals surface area contributed by atoms with Gasteiger partial charge in [-0.3, -0.25) is 4.79 Å². The lowest BCUT2D eigenvalue weighted by Gasteiger charge is -2.09. The lowest BCUT2D eigenvalue weighted by molar-refractivity contribution is 0.102. The summed E-state index contributed by atoms with van der Waals surface area (Å²) >= 11 is 1.52. The van der Waals surface area contributed by atoms with Crippen LogP contribution >= 0.6 is 11.3 Å². The predicted octanol–water partition coefficient (Wildman–Crippen LogP) is 3.31. The zero-order valence-electron chi connectivity index (χ0n) is 10.6. The molecule has 0 unspecified atom stereocenters. The molecule has 1 amide bonds. The van der Waals surface area contributed by atoms with E-state index < -0.39 is 0 Å². The molecule has 1 N–H and O–H groups in total. The predicted molar refractivity (Wildman–Crippen MR) is 74.1 cm³/mol. The van der Waals surface area contributed by atoms with E-state index >= 15 is 0 Å². The Labute approximate surface area is 111 Å². The number of hydrogen-bond donors (Lipinski definition) is 1. The van der Waals surface area contributed by atoms with Gasteiger partial charge in [-0.15, -0.1) is 0 Å². The molecule has 0 saturated carbocycles. The molecule has 0 radical (unpaired) electrons. The van der Waals surface area contributed by atoms with E-state index in [-0.39, 0.29) is 5.91 Å². The van der Waals surface area contributed by atoms with Crippen LogP contribution in [0.4, 0.5) is 5.82 Å². The molecule has 18 heavy (non-hydrogen) atoms. The Bertz CT molecular complexity index is 516. The van der Waals surface area contributed by atoms with Gasteiger partial charge in [0.2, 0.25) is 0 Å². The molecule has 0 aliphatic heterocycles. The highest BCUT2D eigenvalue weighted by Gasteiger charge is 2.12. The number of aryl methyl sites for hydroxylation is 2. The van der Waals surface area contributed by atoms with Crippen molar-refractivity contribution in [2.24, 2.45) is 0 Å². The van der Waals surface area contributed by atoms with E-state index in [1.54, 1.807) is 6.20 Å². The van der Waals surface area contributed by atoms with Crippen LogP contribution in [0.15, 0.2) is 23.0 Å². The van der Waals surface area contributed by atoms with Gasteiger partial charge in [-0.1, -0.05) is 13.3 Å². The Balaban J connectivity index is 2.13. The first-order valence-corrected chi connectivity index (χ1v) is 7.02. The summed E-state index contributed by atoms with van der Waals surface area (Å²) in [6.07, 6.45) is 3.96. The largest absolute Gasteiger partial charge is 0.307 e. The van der Waals surface area contributed by atoms with E-state index in [0.717, 1.165) is 30.8 Å². The molecule has 0 aliphatic carbocycles. The minimum absolute atomic E-state index is 0.0717. The van der Waals surface area contributed by atoms with Gasteiger partial charge in [0.15, 0.2) is 0 Å². The number of aromatic nitrogens is 2. The third-order valence-corrected chi connectivity index (χ3v) is 3.44. The monoisotopic (exact) mass is 263 g/mol. The minimum atomic E-state index is -0.0717. The second-order valence-electron chi connectivity index (χ2n) is 4.22. The number of anilines is 1. The van der Waals surface area contributed by atoms with E-state index in [1.165, 1.54) is 11.3 Å². The summed E-state index contributed by atoms with van der Waals surface area (Å²) in [7, 11) is 0. The number of hydrogen-bond acceptors (Lipinski definition) is 3. The van der Waals surface area contributed by atoms with Crippen molar-refractivity contribution in [3.63, 3.8) is 0 Å². The molecule has 0 fully saturated rings. The Morgan fingerprint density at radius 1 is 1.56 bits per heavy atom. The van der Waals surface area contributed by atoms with Crippen molar-refractivity contribution >= 4 is 23.1 Å². The van der Waals surface area contributed by atoms with Crippen molar-refractivity contribution in [1.82, 2.24) is 9.78 Å². The molecule has 4 nitrogen and oxygen atoms in total. The van der Waals surface area contributed by atoms with Crippen molar-refractivity contribution in [2.45, 2.75) is 33.2 Å². The molecular weight excluding hydrogens is 246 g/mol. The van der Waals surface area contributed by atoms with Gasteiger partial charge in [-0.05, 0) is 24.8 Å². The number of unbranched alkanes of at least 4 members (excludes halogenated alkanes) is 1. The molecule has 0 spiro atoms. The van der Waals surface area contributed by atoms with Crippen molar-refractivity contribution in [3.8, 4) is 0 Å². The van der Waals surface area contributed by atoms with Crippen molar-refractivity contribution < 1.29 is 4.79 Å². The quantitative estimate of drug-likeness (QED) is 0.899. The molecule has 5 heteroatoms. The fraction of sp³-hybridized carbons (Fsp3) is 0.385. The maximum absolute atomic E-state index is 12.0. The third kappa shape index (κ3) is 2.79. The lowest BCUT2D eigenvalue weighted by Crippen LogP contribution is -2.16. The Morgan fingerprint density at radius 3 is 3.06 bits per heavy atom. The molecule has 2 aromatic rings. The highest BCUT2D eigenvalue weighted by molar-refractivity contribution is 7.08. The van der Waals surface area contributed by atoms with Crippen LogP contribution in [-0.4, -0.2) is 15.7 Å². The summed E-state index contributed by atoms with van der Waals surface area (Å²) in [5, 5.41) is 11.0. The molecule has 0 aromatic carbocycles. The van der Waals surface area contributed by atoms with E-state index in [9.17, 15) is 4.79 Å². The third-order valence-electron chi connectivity index (χ3n) is 2.76. The van der Waals surface area contributed by atoms with Crippen LogP contribution in [0.5, 0.6) is 0 Å². The molecule has 0 bridgehead atoms. The summed E-state index contributed by atoms with van der Waals surface area (Å²) < 4.78 is 1.86. The molecule has 2 rings (SSSR count). The number of rotatable bonds is 5. The van der Waals surface area contributed by atoms with E-state index in [0.29, 0.717) is 5.56 Å². The summed E-state index contributed by atoms with van der Waals surface area (Å²) in [6, 6.07) is 1.82. The van der Waals surface area contributed by atoms with E-state index in [4.69, 9.17) is 0 Å². The number of carbonyl (C=O) groups is 1. The molecule has 2 aromatic heterocycles. The highest BCUT2D eigenvalue weighted by Crippen LogP contribution is 2.17. The van der Waals surface area contributed by atoms with Gasteiger partial charge in [-0.2, -0.15) is 16.4 Å². The van der Waals surface area contributed by atoms with Crippen LogP contribution in [0.25, 0.3) is 0 Å². The Hall–Kier alpha value is -1.62. The number of amides is 1. The zero-order valence-corrected chi connectivity index (χ0v) is 11.5. The van der Waals surface area contributed by atoms with Gasteiger partial charge in [0, 0.05) is 17.5 Å². The normalized spacial score (nSPS) is 10.6. The van der Waals surface area contributed by atoms with Crippen LogP contribution in [0.1, 0.15) is 35.7 Å². The number of thiophene rings is 1. The maximum atomic E-state index is 12.0. The molecule has 0 aliphatic rings. The van der Waals surface area contributed by atoms with Crippen LogP contribution in [0.3, 0.4) is 0 Å². The molecule has 96 valence electrons. The first-order chi connectivity index (χ1) is 8.72. The molecule has 2 heterocycles. The fourth-order valence-corrected chi connectivity index (χ4v) is 2.33. The summed E-state index contributed by atoms with van der Waals surface area (Å²) in [5.74, 6) is 0.734. The summed E-state index contributed by atoms with van der Waals surface area (Å²) in [6.45, 7) is 4.93. The molecule has 0 atom stereocenters. The first kappa shape index (κ1) is 12.8. The number of nitrogens with zero attached hydrogens (tertiary/aromatic N) is 2. The van der Waals surface area contributed by atoms with E-state index in [2.05, 4.69) is 17.3 Å². The summed E-state index contributed by atoms with van der Waals surface area (Å²) in [4.78, 5) is 12.0. The maximum Gasteiger partial charge on any atom is 0.257 e. The Morgan fingerprint density at radius 2 is 2.39 bits per heavy atom. The van der Waals surface area contributed by atoms with E-state index in [1.807, 2.05) is 28.4 Å². The van der Waals surface area contributed by atoms with Gasteiger partial charge in [0.25, 0.3) is 5.91 Å². The van der Waals surface area contributed by atoms with Gasteiger partial charge < -0.3 is 5.32 Å². The van der Waals surface area contributed by atoms with Gasteiger partial charge in [0.1, 0.15) is 5.82 Å². The smallest absolute Gasteiger partial charge is 0.257 e. The SMILES string of the molecule is CCCCn1ncc(C)c1NC(=O)c1ccsc1. The Kier molecular flexibility index (Phi) is 4.15. The van der Waals surface area contributed by atoms with Gasteiger partial charge in [0.05, 0.1) is 11.8 Å². The van der Waals surface area contributed by atoms with Crippen molar-refractivity contribution in [2.75, 3.05) is 5.32 Å².